The highest BCUT2D eigenvalue weighted by molar-refractivity contribution is 5.60. The molecule has 90 valence electrons. The van der Waals surface area contributed by atoms with Crippen LogP contribution >= 0.6 is 0 Å². The number of hydrogen-bond donors (Lipinski definition) is 0. The first-order chi connectivity index (χ1) is 7.54. The van der Waals surface area contributed by atoms with Gasteiger partial charge < -0.3 is 9.47 Å². The van der Waals surface area contributed by atoms with Crippen LogP contribution in [0.25, 0.3) is 0 Å². The van der Waals surface area contributed by atoms with Gasteiger partial charge in [0, 0.05) is 0 Å². The molecular weight excluding hydrogens is 204 g/mol. The summed E-state index contributed by atoms with van der Waals surface area (Å²) in [6.45, 7) is 10.1. The molecule has 0 bridgehead atoms. The van der Waals surface area contributed by atoms with Crippen LogP contribution in [0.3, 0.4) is 0 Å². The molecule has 0 N–H and O–H groups in total. The first kappa shape index (κ1) is 12.8. The summed E-state index contributed by atoms with van der Waals surface area (Å²) in [5.74, 6) is 0.406. The van der Waals surface area contributed by atoms with E-state index < -0.39 is 6.16 Å². The van der Waals surface area contributed by atoms with Crippen LogP contribution in [-0.2, 0) is 9.47 Å². The summed E-state index contributed by atoms with van der Waals surface area (Å²) in [7, 11) is 0. The van der Waals surface area contributed by atoms with Crippen LogP contribution in [0.4, 0.5) is 4.79 Å². The van der Waals surface area contributed by atoms with Gasteiger partial charge in [-0.15, -0.1) is 0 Å². The Balaban J connectivity index is 2.58. The van der Waals surface area contributed by atoms with Gasteiger partial charge in [0.1, 0.15) is 6.10 Å². The zero-order valence-corrected chi connectivity index (χ0v) is 10.3. The lowest BCUT2D eigenvalue weighted by atomic mass is 9.84. The quantitative estimate of drug-likeness (QED) is 0.544. The van der Waals surface area contributed by atoms with Gasteiger partial charge in [-0.2, -0.15) is 0 Å². The van der Waals surface area contributed by atoms with Gasteiger partial charge in [0.25, 0.3) is 0 Å². The second kappa shape index (κ2) is 5.73. The second-order valence-corrected chi connectivity index (χ2v) is 4.25. The summed E-state index contributed by atoms with van der Waals surface area (Å²) in [6, 6.07) is 0. The molecule has 3 nitrogen and oxygen atoms in total. The Morgan fingerprint density at radius 1 is 1.62 bits per heavy atom. The van der Waals surface area contributed by atoms with Crippen molar-refractivity contribution in [3.05, 3.63) is 23.8 Å². The predicted octanol–water partition coefficient (Wildman–Crippen LogP) is 3.46. The number of carbonyl (C=O) groups excluding carboxylic acids is 1. The standard InChI is InChI=1S/C13H20O3/c1-5-15-13(14)16-12-8-11(9(2)3)7-6-10(12)4/h6,11-12H,2,5,7-8H2,1,3-4H3. The minimum absolute atomic E-state index is 0.158. The maximum Gasteiger partial charge on any atom is 0.508 e. The third kappa shape index (κ3) is 3.40. The lowest BCUT2D eigenvalue weighted by Crippen LogP contribution is -2.26. The molecule has 1 aliphatic carbocycles. The van der Waals surface area contributed by atoms with E-state index in [1.807, 2.05) is 13.8 Å². The van der Waals surface area contributed by atoms with Crippen LogP contribution in [0.15, 0.2) is 23.8 Å². The van der Waals surface area contributed by atoms with Crippen molar-refractivity contribution < 1.29 is 14.3 Å². The summed E-state index contributed by atoms with van der Waals surface area (Å²) in [5.41, 5.74) is 2.24. The molecule has 16 heavy (non-hydrogen) atoms. The van der Waals surface area contributed by atoms with Crippen molar-refractivity contribution in [3.63, 3.8) is 0 Å². The number of ether oxygens (including phenoxy) is 2. The van der Waals surface area contributed by atoms with Gasteiger partial charge in [-0.25, -0.2) is 4.79 Å². The predicted molar refractivity (Wildman–Crippen MR) is 63.2 cm³/mol. The zero-order valence-electron chi connectivity index (χ0n) is 10.3. The summed E-state index contributed by atoms with van der Waals surface area (Å²) in [4.78, 5) is 11.2. The molecule has 2 atom stereocenters. The fourth-order valence-electron chi connectivity index (χ4n) is 1.81. The van der Waals surface area contributed by atoms with Crippen molar-refractivity contribution in [3.8, 4) is 0 Å². The number of allylic oxidation sites excluding steroid dienone is 2. The highest BCUT2D eigenvalue weighted by atomic mass is 16.7. The summed E-state index contributed by atoms with van der Waals surface area (Å²) in [6.07, 6.45) is 3.18. The van der Waals surface area contributed by atoms with Gasteiger partial charge in [-0.05, 0) is 45.1 Å². The highest BCUT2D eigenvalue weighted by Gasteiger charge is 2.25. The second-order valence-electron chi connectivity index (χ2n) is 4.25. The van der Waals surface area contributed by atoms with Gasteiger partial charge in [-0.3, -0.25) is 0 Å². The Labute approximate surface area is 97.1 Å². The fourth-order valence-corrected chi connectivity index (χ4v) is 1.81. The normalized spacial score (nSPS) is 24.6. The van der Waals surface area contributed by atoms with E-state index in [0.29, 0.717) is 12.5 Å². The molecule has 0 aromatic heterocycles. The van der Waals surface area contributed by atoms with E-state index in [-0.39, 0.29) is 6.10 Å². The van der Waals surface area contributed by atoms with Crippen molar-refractivity contribution in [1.29, 1.82) is 0 Å². The molecule has 0 amide bonds. The third-order valence-electron chi connectivity index (χ3n) is 2.93. The molecule has 0 heterocycles. The number of rotatable bonds is 3. The van der Waals surface area contributed by atoms with Crippen LogP contribution in [0.2, 0.25) is 0 Å². The van der Waals surface area contributed by atoms with E-state index in [4.69, 9.17) is 9.47 Å². The van der Waals surface area contributed by atoms with E-state index in [0.717, 1.165) is 24.0 Å². The number of hydrogen-bond acceptors (Lipinski definition) is 3. The molecule has 0 saturated heterocycles. The maximum atomic E-state index is 11.2. The minimum Gasteiger partial charge on any atom is -0.435 e. The lowest BCUT2D eigenvalue weighted by molar-refractivity contribution is 0.0295. The SMILES string of the molecule is C=C(C)C1CC=C(C)C(OC(=O)OCC)C1. The van der Waals surface area contributed by atoms with Gasteiger partial charge in [0.05, 0.1) is 6.61 Å². The van der Waals surface area contributed by atoms with Crippen LogP contribution in [-0.4, -0.2) is 18.9 Å². The maximum absolute atomic E-state index is 11.2. The summed E-state index contributed by atoms with van der Waals surface area (Å²) < 4.78 is 10.0. The zero-order chi connectivity index (χ0) is 12.1. The molecule has 2 unspecified atom stereocenters. The van der Waals surface area contributed by atoms with E-state index in [1.54, 1.807) is 6.92 Å². The van der Waals surface area contributed by atoms with E-state index in [1.165, 1.54) is 0 Å². The first-order valence-electron chi connectivity index (χ1n) is 5.70. The molecule has 0 spiro atoms. The minimum atomic E-state index is -0.581. The monoisotopic (exact) mass is 224 g/mol. The van der Waals surface area contributed by atoms with Crippen molar-refractivity contribution in [2.45, 2.75) is 39.7 Å². The smallest absolute Gasteiger partial charge is 0.435 e. The van der Waals surface area contributed by atoms with E-state index in [2.05, 4.69) is 12.7 Å². The molecule has 3 heteroatoms. The van der Waals surface area contributed by atoms with E-state index >= 15 is 0 Å². The third-order valence-corrected chi connectivity index (χ3v) is 2.93. The van der Waals surface area contributed by atoms with Crippen molar-refractivity contribution >= 4 is 6.16 Å². The highest BCUT2D eigenvalue weighted by Crippen LogP contribution is 2.30. The first-order valence-corrected chi connectivity index (χ1v) is 5.70. The summed E-state index contributed by atoms with van der Waals surface area (Å²) >= 11 is 0. The molecular formula is C13H20O3. The Kier molecular flexibility index (Phi) is 4.59. The molecule has 1 rings (SSSR count). The molecule has 0 fully saturated rings. The molecule has 0 radical (unpaired) electrons. The van der Waals surface area contributed by atoms with Crippen molar-refractivity contribution in [2.75, 3.05) is 6.61 Å². The molecule has 0 aliphatic heterocycles. The fraction of sp³-hybridized carbons (Fsp3) is 0.615. The van der Waals surface area contributed by atoms with Gasteiger partial charge >= 0.3 is 6.16 Å². The number of carbonyl (C=O) groups is 1. The average Bonchev–Trinajstić information content (AvgIpc) is 2.21. The van der Waals surface area contributed by atoms with Crippen LogP contribution in [0, 0.1) is 5.92 Å². The molecule has 0 aromatic carbocycles. The molecule has 1 aliphatic rings. The Morgan fingerprint density at radius 2 is 2.31 bits per heavy atom. The van der Waals surface area contributed by atoms with Crippen molar-refractivity contribution in [2.24, 2.45) is 5.92 Å². The molecule has 0 aromatic rings. The largest absolute Gasteiger partial charge is 0.508 e. The van der Waals surface area contributed by atoms with Crippen LogP contribution in [0.1, 0.15) is 33.6 Å². The Bertz CT molecular complexity index is 304. The van der Waals surface area contributed by atoms with Crippen molar-refractivity contribution in [1.82, 2.24) is 0 Å². The lowest BCUT2D eigenvalue weighted by Gasteiger charge is -2.28. The van der Waals surface area contributed by atoms with Crippen LogP contribution < -0.4 is 0 Å². The topological polar surface area (TPSA) is 35.5 Å². The Hall–Kier alpha value is -1.25. The molecule has 0 saturated carbocycles. The summed E-state index contributed by atoms with van der Waals surface area (Å²) in [5, 5.41) is 0. The van der Waals surface area contributed by atoms with Gasteiger partial charge in [0.2, 0.25) is 0 Å². The van der Waals surface area contributed by atoms with Crippen LogP contribution in [0.5, 0.6) is 0 Å². The van der Waals surface area contributed by atoms with Gasteiger partial charge in [-0.1, -0.05) is 18.2 Å². The Morgan fingerprint density at radius 3 is 2.88 bits per heavy atom. The average molecular weight is 224 g/mol. The van der Waals surface area contributed by atoms with E-state index in [9.17, 15) is 4.79 Å². The van der Waals surface area contributed by atoms with Gasteiger partial charge in [0.15, 0.2) is 0 Å².